The highest BCUT2D eigenvalue weighted by Crippen LogP contribution is 2.38. The first-order valence-corrected chi connectivity index (χ1v) is 7.52. The predicted octanol–water partition coefficient (Wildman–Crippen LogP) is 0.0804. The van der Waals surface area contributed by atoms with E-state index in [1.165, 1.54) is 13.1 Å². The minimum Gasteiger partial charge on any atom is -0.370 e. The number of nitrogens with zero attached hydrogens (tertiary/aromatic N) is 1. The zero-order chi connectivity index (χ0) is 19.5. The van der Waals surface area contributed by atoms with Crippen LogP contribution in [0.15, 0.2) is 18.2 Å². The van der Waals surface area contributed by atoms with Crippen LogP contribution in [0.4, 0.5) is 24.5 Å². The van der Waals surface area contributed by atoms with Crippen LogP contribution in [0.5, 0.6) is 0 Å². The number of benzene rings is 1. The van der Waals surface area contributed by atoms with Gasteiger partial charge in [0.05, 0.1) is 17.9 Å². The van der Waals surface area contributed by atoms with Gasteiger partial charge in [-0.15, -0.1) is 0 Å². The normalized spacial score (nSPS) is 16.3. The molecule has 3 amide bonds. The molecule has 1 atom stereocenters. The van der Waals surface area contributed by atoms with Crippen molar-refractivity contribution in [1.82, 2.24) is 5.32 Å². The summed E-state index contributed by atoms with van der Waals surface area (Å²) < 4.78 is 45.2. The number of alkyl halides is 3. The molecule has 26 heavy (non-hydrogen) atoms. The Morgan fingerprint density at radius 3 is 2.58 bits per heavy atom. The van der Waals surface area contributed by atoms with Crippen LogP contribution in [-0.4, -0.2) is 50.6 Å². The number of nitrogens with two attached hydrogens (primary N) is 1. The van der Waals surface area contributed by atoms with E-state index in [0.29, 0.717) is 6.07 Å². The SMILES string of the molecule is CN[C@H](C(N)=O)C(=O)Nc1ccc(N2CCOCC2=O)c(C(F)(F)F)c1. The van der Waals surface area contributed by atoms with Crippen LogP contribution < -0.4 is 21.3 Å². The van der Waals surface area contributed by atoms with E-state index < -0.39 is 35.5 Å². The second kappa shape index (κ2) is 7.70. The summed E-state index contributed by atoms with van der Waals surface area (Å²) in [6, 6.07) is 1.59. The van der Waals surface area contributed by atoms with Crippen molar-refractivity contribution in [2.24, 2.45) is 5.73 Å². The quantitative estimate of drug-likeness (QED) is 0.632. The Bertz CT molecular complexity index is 723. The smallest absolute Gasteiger partial charge is 0.370 e. The number of likely N-dealkylation sites (N-methyl/N-ethyl adjacent to an activating group) is 1. The highest BCUT2D eigenvalue weighted by molar-refractivity contribution is 6.09. The van der Waals surface area contributed by atoms with Crippen molar-refractivity contribution in [3.63, 3.8) is 0 Å². The van der Waals surface area contributed by atoms with Gasteiger partial charge in [-0.3, -0.25) is 14.4 Å². The first-order chi connectivity index (χ1) is 12.1. The van der Waals surface area contributed by atoms with Crippen LogP contribution in [0.3, 0.4) is 0 Å². The van der Waals surface area contributed by atoms with E-state index in [0.717, 1.165) is 11.0 Å². The van der Waals surface area contributed by atoms with Crippen LogP contribution in [0, 0.1) is 0 Å². The van der Waals surface area contributed by atoms with Crippen molar-refractivity contribution in [2.75, 3.05) is 37.0 Å². The lowest BCUT2D eigenvalue weighted by molar-refractivity contribution is -0.137. The molecule has 0 spiro atoms. The monoisotopic (exact) mass is 374 g/mol. The number of hydrogen-bond acceptors (Lipinski definition) is 5. The zero-order valence-electron chi connectivity index (χ0n) is 13.7. The summed E-state index contributed by atoms with van der Waals surface area (Å²) in [4.78, 5) is 35.9. The van der Waals surface area contributed by atoms with Gasteiger partial charge >= 0.3 is 6.18 Å². The number of anilines is 2. The molecule has 0 bridgehead atoms. The number of morpholine rings is 1. The molecule has 4 N–H and O–H groups in total. The molecule has 1 aliphatic rings. The largest absolute Gasteiger partial charge is 0.418 e. The summed E-state index contributed by atoms with van der Waals surface area (Å²) in [6.07, 6.45) is -4.76. The lowest BCUT2D eigenvalue weighted by Gasteiger charge is -2.29. The van der Waals surface area contributed by atoms with Gasteiger partial charge in [-0.05, 0) is 25.2 Å². The maximum atomic E-state index is 13.4. The van der Waals surface area contributed by atoms with Gasteiger partial charge in [-0.2, -0.15) is 13.2 Å². The van der Waals surface area contributed by atoms with Crippen LogP contribution in [0.1, 0.15) is 5.56 Å². The molecule has 142 valence electrons. The Morgan fingerprint density at radius 1 is 1.35 bits per heavy atom. The van der Waals surface area contributed by atoms with E-state index in [2.05, 4.69) is 10.6 Å². The molecule has 1 aromatic rings. The van der Waals surface area contributed by atoms with Crippen molar-refractivity contribution < 1.29 is 32.3 Å². The molecule has 8 nitrogen and oxygen atoms in total. The van der Waals surface area contributed by atoms with Gasteiger partial charge in [-0.25, -0.2) is 0 Å². The fraction of sp³-hybridized carbons (Fsp3) is 0.400. The van der Waals surface area contributed by atoms with Crippen molar-refractivity contribution >= 4 is 29.1 Å². The Kier molecular flexibility index (Phi) is 5.83. The number of nitrogens with one attached hydrogen (secondary N) is 2. The molecule has 1 aromatic carbocycles. The fourth-order valence-corrected chi connectivity index (χ4v) is 2.47. The van der Waals surface area contributed by atoms with Crippen LogP contribution in [0.2, 0.25) is 0 Å². The van der Waals surface area contributed by atoms with Crippen molar-refractivity contribution in [2.45, 2.75) is 12.2 Å². The number of halogens is 3. The fourth-order valence-electron chi connectivity index (χ4n) is 2.47. The van der Waals surface area contributed by atoms with Gasteiger partial charge in [0.2, 0.25) is 5.91 Å². The van der Waals surface area contributed by atoms with E-state index in [9.17, 15) is 27.6 Å². The third-order valence-electron chi connectivity index (χ3n) is 3.68. The topological polar surface area (TPSA) is 114 Å². The maximum Gasteiger partial charge on any atom is 0.418 e. The van der Waals surface area contributed by atoms with Crippen molar-refractivity contribution in [3.05, 3.63) is 23.8 Å². The van der Waals surface area contributed by atoms with Gasteiger partial charge < -0.3 is 26.0 Å². The lowest BCUT2D eigenvalue weighted by atomic mass is 10.1. The lowest BCUT2D eigenvalue weighted by Crippen LogP contribution is -2.48. The number of carbonyl (C=O) groups is 3. The minimum absolute atomic E-state index is 0.0167. The van der Waals surface area contributed by atoms with Gasteiger partial charge in [0.25, 0.3) is 11.8 Å². The molecular formula is C15H17F3N4O4. The summed E-state index contributed by atoms with van der Waals surface area (Å²) in [5.41, 5.74) is 3.43. The molecule has 0 saturated carbocycles. The third kappa shape index (κ3) is 4.29. The summed E-state index contributed by atoms with van der Waals surface area (Å²) in [5.74, 6) is -2.47. The average Bonchev–Trinajstić information content (AvgIpc) is 2.55. The number of amides is 3. The molecule has 1 heterocycles. The highest BCUT2D eigenvalue weighted by atomic mass is 19.4. The molecule has 0 aromatic heterocycles. The molecule has 0 unspecified atom stereocenters. The van der Waals surface area contributed by atoms with Gasteiger partial charge in [-0.1, -0.05) is 0 Å². The number of ether oxygens (including phenoxy) is 1. The summed E-state index contributed by atoms with van der Waals surface area (Å²) in [6.45, 7) is -0.209. The zero-order valence-corrected chi connectivity index (χ0v) is 13.7. The van der Waals surface area contributed by atoms with Crippen LogP contribution in [0.25, 0.3) is 0 Å². The van der Waals surface area contributed by atoms with Gasteiger partial charge in [0.15, 0.2) is 6.04 Å². The number of primary amides is 1. The standard InChI is InChI=1S/C15H17F3N4O4/c1-20-12(13(19)24)14(25)21-8-2-3-10(9(6-8)15(16,17)18)22-4-5-26-7-11(22)23/h2-3,6,12,20H,4-5,7H2,1H3,(H2,19,24)(H,21,25)/t12-/m1/s1. The molecular weight excluding hydrogens is 357 g/mol. The number of hydrogen-bond donors (Lipinski definition) is 3. The number of carbonyl (C=O) groups excluding carboxylic acids is 3. The van der Waals surface area contributed by atoms with Crippen molar-refractivity contribution in [3.8, 4) is 0 Å². The van der Waals surface area contributed by atoms with E-state index in [1.54, 1.807) is 0 Å². The molecule has 11 heteroatoms. The van der Waals surface area contributed by atoms with E-state index in [4.69, 9.17) is 10.5 Å². The molecule has 0 radical (unpaired) electrons. The first-order valence-electron chi connectivity index (χ1n) is 7.52. The Labute approximate surface area is 146 Å². The summed E-state index contributed by atoms with van der Waals surface area (Å²) in [5, 5.41) is 4.56. The summed E-state index contributed by atoms with van der Waals surface area (Å²) in [7, 11) is 1.31. The molecule has 0 aliphatic carbocycles. The highest BCUT2D eigenvalue weighted by Gasteiger charge is 2.37. The average molecular weight is 374 g/mol. The Morgan fingerprint density at radius 2 is 2.04 bits per heavy atom. The van der Waals surface area contributed by atoms with Crippen LogP contribution in [-0.2, 0) is 25.3 Å². The summed E-state index contributed by atoms with van der Waals surface area (Å²) >= 11 is 0. The first kappa shape index (κ1) is 19.7. The van der Waals surface area contributed by atoms with E-state index in [1.807, 2.05) is 0 Å². The molecule has 1 aliphatic heterocycles. The molecule has 1 saturated heterocycles. The van der Waals surface area contributed by atoms with Crippen molar-refractivity contribution in [1.29, 1.82) is 0 Å². The van der Waals surface area contributed by atoms with Gasteiger partial charge in [0, 0.05) is 12.2 Å². The second-order valence-corrected chi connectivity index (χ2v) is 5.44. The second-order valence-electron chi connectivity index (χ2n) is 5.44. The molecule has 2 rings (SSSR count). The number of rotatable bonds is 5. The maximum absolute atomic E-state index is 13.4. The Balaban J connectivity index is 2.35. The molecule has 1 fully saturated rings. The van der Waals surface area contributed by atoms with E-state index >= 15 is 0 Å². The van der Waals surface area contributed by atoms with E-state index in [-0.39, 0.29) is 31.1 Å². The van der Waals surface area contributed by atoms with Crippen LogP contribution >= 0.6 is 0 Å². The Hall–Kier alpha value is -2.66. The van der Waals surface area contributed by atoms with Gasteiger partial charge in [0.1, 0.15) is 6.61 Å². The third-order valence-corrected chi connectivity index (χ3v) is 3.68. The minimum atomic E-state index is -4.76. The predicted molar refractivity (Wildman–Crippen MR) is 85.3 cm³/mol.